The molecule has 0 atom stereocenters. The molecule has 4 rings (SSSR count). The molecule has 0 saturated carbocycles. The van der Waals surface area contributed by atoms with E-state index < -0.39 is 6.16 Å². The maximum Gasteiger partial charge on any atom is 0.511 e. The summed E-state index contributed by atoms with van der Waals surface area (Å²) < 4.78 is 7.26. The van der Waals surface area contributed by atoms with Gasteiger partial charge in [-0.25, -0.2) is 9.78 Å². The van der Waals surface area contributed by atoms with Gasteiger partial charge in [-0.05, 0) is 41.8 Å². The lowest BCUT2D eigenvalue weighted by molar-refractivity contribution is 0.144. The SMILES string of the molecule is CCCCc1nc2ccc(N(C)C)cc2n1Cc1ccc(-c2ccccc2OC(=O)O)cc1. The molecule has 0 aliphatic rings. The van der Waals surface area contributed by atoms with Crippen LogP contribution in [0.4, 0.5) is 10.5 Å². The summed E-state index contributed by atoms with van der Waals surface area (Å²) in [5, 5.41) is 9.02. The zero-order valence-corrected chi connectivity index (χ0v) is 19.3. The van der Waals surface area contributed by atoms with Gasteiger partial charge in [0.1, 0.15) is 11.6 Å². The van der Waals surface area contributed by atoms with Crippen LogP contribution in [-0.4, -0.2) is 34.9 Å². The van der Waals surface area contributed by atoms with Crippen molar-refractivity contribution < 1.29 is 14.6 Å². The van der Waals surface area contributed by atoms with E-state index in [0.29, 0.717) is 5.75 Å². The van der Waals surface area contributed by atoms with Crippen molar-refractivity contribution in [2.45, 2.75) is 32.7 Å². The molecule has 0 fully saturated rings. The Morgan fingerprint density at radius 3 is 2.52 bits per heavy atom. The number of unbranched alkanes of at least 4 members (excludes halogenated alkanes) is 1. The molecular weight excluding hydrogens is 414 g/mol. The normalized spacial score (nSPS) is 11.0. The van der Waals surface area contributed by atoms with E-state index in [9.17, 15) is 4.79 Å². The van der Waals surface area contributed by atoms with Crippen molar-refractivity contribution in [1.82, 2.24) is 9.55 Å². The number of anilines is 1. The molecule has 0 aliphatic heterocycles. The van der Waals surface area contributed by atoms with Crippen molar-refractivity contribution in [2.75, 3.05) is 19.0 Å². The third-order valence-corrected chi connectivity index (χ3v) is 5.77. The van der Waals surface area contributed by atoms with E-state index in [1.165, 1.54) is 0 Å². The van der Waals surface area contributed by atoms with Gasteiger partial charge in [0.15, 0.2) is 0 Å². The number of aromatic nitrogens is 2. The summed E-state index contributed by atoms with van der Waals surface area (Å²) in [6.07, 6.45) is 1.85. The largest absolute Gasteiger partial charge is 0.511 e. The number of benzene rings is 3. The highest BCUT2D eigenvalue weighted by molar-refractivity contribution is 5.81. The van der Waals surface area contributed by atoms with E-state index in [4.69, 9.17) is 14.8 Å². The first kappa shape index (κ1) is 22.4. The van der Waals surface area contributed by atoms with E-state index in [-0.39, 0.29) is 0 Å². The molecule has 0 bridgehead atoms. The van der Waals surface area contributed by atoms with Crippen LogP contribution >= 0.6 is 0 Å². The number of carboxylic acid groups (broad SMARTS) is 1. The molecule has 4 aromatic rings. The first-order valence-corrected chi connectivity index (χ1v) is 11.2. The minimum absolute atomic E-state index is 0.330. The highest BCUT2D eigenvalue weighted by Crippen LogP contribution is 2.31. The number of rotatable bonds is 8. The zero-order valence-electron chi connectivity index (χ0n) is 19.3. The topological polar surface area (TPSA) is 67.6 Å². The monoisotopic (exact) mass is 443 g/mol. The number of carbonyl (C=O) groups is 1. The molecule has 1 heterocycles. The molecule has 6 nitrogen and oxygen atoms in total. The highest BCUT2D eigenvalue weighted by Gasteiger charge is 2.13. The van der Waals surface area contributed by atoms with Gasteiger partial charge >= 0.3 is 6.16 Å². The summed E-state index contributed by atoms with van der Waals surface area (Å²) in [6, 6.07) is 21.7. The number of aryl methyl sites for hydroxylation is 1. The quantitative estimate of drug-likeness (QED) is 0.259. The number of hydrogen-bond acceptors (Lipinski definition) is 4. The van der Waals surface area contributed by atoms with Crippen LogP contribution in [0.5, 0.6) is 5.75 Å². The van der Waals surface area contributed by atoms with Crippen LogP contribution in [0.1, 0.15) is 31.2 Å². The molecule has 1 aromatic heterocycles. The maximum absolute atomic E-state index is 11.0. The maximum atomic E-state index is 11.0. The van der Waals surface area contributed by atoms with Crippen molar-refractivity contribution >= 4 is 22.9 Å². The van der Waals surface area contributed by atoms with Crippen molar-refractivity contribution in [3.05, 3.63) is 78.1 Å². The van der Waals surface area contributed by atoms with Gasteiger partial charge in [-0.15, -0.1) is 0 Å². The second-order valence-electron chi connectivity index (χ2n) is 8.35. The lowest BCUT2D eigenvalue weighted by Gasteiger charge is -2.14. The molecule has 6 heteroatoms. The average molecular weight is 444 g/mol. The van der Waals surface area contributed by atoms with Gasteiger partial charge in [0, 0.05) is 38.3 Å². The second-order valence-corrected chi connectivity index (χ2v) is 8.35. The van der Waals surface area contributed by atoms with E-state index in [1.54, 1.807) is 12.1 Å². The predicted octanol–water partition coefficient (Wildman–Crippen LogP) is 6.22. The Balaban J connectivity index is 1.67. The fourth-order valence-corrected chi connectivity index (χ4v) is 4.00. The first-order valence-electron chi connectivity index (χ1n) is 11.2. The van der Waals surface area contributed by atoms with E-state index in [0.717, 1.165) is 65.0 Å². The minimum Gasteiger partial charge on any atom is -0.449 e. The zero-order chi connectivity index (χ0) is 23.4. The fourth-order valence-electron chi connectivity index (χ4n) is 4.00. The van der Waals surface area contributed by atoms with Crippen LogP contribution in [0.25, 0.3) is 22.2 Å². The molecule has 0 saturated heterocycles. The summed E-state index contributed by atoms with van der Waals surface area (Å²) in [5.74, 6) is 1.43. The molecule has 0 spiro atoms. The number of ether oxygens (including phenoxy) is 1. The third-order valence-electron chi connectivity index (χ3n) is 5.77. The Morgan fingerprint density at radius 1 is 1.06 bits per heavy atom. The molecule has 33 heavy (non-hydrogen) atoms. The molecular formula is C27H29N3O3. The van der Waals surface area contributed by atoms with Gasteiger partial charge in [0.05, 0.1) is 11.0 Å². The van der Waals surface area contributed by atoms with Crippen molar-refractivity contribution in [1.29, 1.82) is 0 Å². The molecule has 170 valence electrons. The van der Waals surface area contributed by atoms with Gasteiger partial charge in [-0.2, -0.15) is 0 Å². The summed E-state index contributed by atoms with van der Waals surface area (Å²) in [7, 11) is 4.09. The van der Waals surface area contributed by atoms with Crippen LogP contribution in [0.15, 0.2) is 66.7 Å². The second kappa shape index (κ2) is 9.77. The van der Waals surface area contributed by atoms with E-state index in [1.807, 2.05) is 38.4 Å². The van der Waals surface area contributed by atoms with Crippen LogP contribution in [0, 0.1) is 0 Å². The Hall–Kier alpha value is -3.80. The van der Waals surface area contributed by atoms with Gasteiger partial charge in [-0.3, -0.25) is 0 Å². The lowest BCUT2D eigenvalue weighted by Crippen LogP contribution is -2.09. The van der Waals surface area contributed by atoms with Crippen LogP contribution < -0.4 is 9.64 Å². The predicted molar refractivity (Wildman–Crippen MR) is 132 cm³/mol. The van der Waals surface area contributed by atoms with Crippen molar-refractivity contribution in [2.24, 2.45) is 0 Å². The Labute approximate surface area is 194 Å². The number of fused-ring (bicyclic) bond motifs is 1. The molecule has 0 amide bonds. The third kappa shape index (κ3) is 5.00. The minimum atomic E-state index is -1.32. The summed E-state index contributed by atoms with van der Waals surface area (Å²) in [6.45, 7) is 2.92. The Bertz CT molecular complexity index is 1260. The summed E-state index contributed by atoms with van der Waals surface area (Å²) in [4.78, 5) is 18.1. The Kier molecular flexibility index (Phi) is 6.63. The fraction of sp³-hybridized carbons (Fsp3) is 0.259. The van der Waals surface area contributed by atoms with E-state index >= 15 is 0 Å². The molecule has 0 radical (unpaired) electrons. The van der Waals surface area contributed by atoms with Gasteiger partial charge in [0.2, 0.25) is 0 Å². The Morgan fingerprint density at radius 2 is 1.82 bits per heavy atom. The van der Waals surface area contributed by atoms with Crippen molar-refractivity contribution in [3.8, 4) is 16.9 Å². The average Bonchev–Trinajstić information content (AvgIpc) is 3.14. The first-order chi connectivity index (χ1) is 16.0. The number of hydrogen-bond donors (Lipinski definition) is 1. The standard InChI is InChI=1S/C27H29N3O3/c1-4-5-10-26-28-23-16-15-21(29(2)3)17-24(23)30(26)18-19-11-13-20(14-12-19)22-8-6-7-9-25(22)33-27(31)32/h6-9,11-17H,4-5,10,18H2,1-3H3,(H,31,32). The van der Waals surface area contributed by atoms with Gasteiger partial charge in [-0.1, -0.05) is 55.8 Å². The smallest absolute Gasteiger partial charge is 0.449 e. The van der Waals surface area contributed by atoms with Crippen molar-refractivity contribution in [3.63, 3.8) is 0 Å². The number of nitrogens with zero attached hydrogens (tertiary/aromatic N) is 3. The molecule has 3 aromatic carbocycles. The van der Waals surface area contributed by atoms with Crippen LogP contribution in [0.3, 0.4) is 0 Å². The summed E-state index contributed by atoms with van der Waals surface area (Å²) in [5.41, 5.74) is 6.12. The van der Waals surface area contributed by atoms with E-state index in [2.05, 4.69) is 46.7 Å². The number of imidazole rings is 1. The summed E-state index contributed by atoms with van der Waals surface area (Å²) >= 11 is 0. The molecule has 1 N–H and O–H groups in total. The molecule has 0 unspecified atom stereocenters. The van der Waals surface area contributed by atoms with Gasteiger partial charge < -0.3 is 19.3 Å². The van der Waals surface area contributed by atoms with Crippen LogP contribution in [0.2, 0.25) is 0 Å². The lowest BCUT2D eigenvalue weighted by atomic mass is 10.0. The van der Waals surface area contributed by atoms with Gasteiger partial charge in [0.25, 0.3) is 0 Å². The number of para-hydroxylation sites is 1. The highest BCUT2D eigenvalue weighted by atomic mass is 16.7. The molecule has 0 aliphatic carbocycles. The van der Waals surface area contributed by atoms with Crippen LogP contribution in [-0.2, 0) is 13.0 Å².